The highest BCUT2D eigenvalue weighted by Gasteiger charge is 2.14. The van der Waals surface area contributed by atoms with Crippen molar-refractivity contribution in [3.8, 4) is 17.4 Å². The first kappa shape index (κ1) is 18.0. The number of ether oxygens (including phenoxy) is 1. The lowest BCUT2D eigenvalue weighted by molar-refractivity contribution is -0.398. The third-order valence-electron chi connectivity index (χ3n) is 3.60. The van der Waals surface area contributed by atoms with Gasteiger partial charge >= 0.3 is 0 Å². The van der Waals surface area contributed by atoms with Crippen molar-refractivity contribution in [3.05, 3.63) is 51.6 Å². The third kappa shape index (κ3) is 3.61. The first-order chi connectivity index (χ1) is 12.9. The van der Waals surface area contributed by atoms with Gasteiger partial charge < -0.3 is 9.84 Å². The highest BCUT2D eigenvalue weighted by atomic mass is 16.6. The Morgan fingerprint density at radius 2 is 2.11 bits per heavy atom. The molecule has 0 saturated heterocycles. The normalized spacial score (nSPS) is 11.2. The van der Waals surface area contributed by atoms with Crippen LogP contribution in [0.5, 0.6) is 11.5 Å². The van der Waals surface area contributed by atoms with Crippen molar-refractivity contribution in [2.45, 2.75) is 20.8 Å². The van der Waals surface area contributed by atoms with Crippen LogP contribution < -0.4 is 9.84 Å². The van der Waals surface area contributed by atoms with Gasteiger partial charge in [-0.05, 0) is 32.9 Å². The molecule has 0 N–H and O–H groups in total. The lowest BCUT2D eigenvalue weighted by Gasteiger charge is -2.14. The maximum Gasteiger partial charge on any atom is 0.273 e. The Labute approximate surface area is 153 Å². The summed E-state index contributed by atoms with van der Waals surface area (Å²) in [6.45, 7) is 5.62. The van der Waals surface area contributed by atoms with Crippen molar-refractivity contribution in [2.75, 3.05) is 6.61 Å². The highest BCUT2D eigenvalue weighted by Crippen LogP contribution is 2.34. The van der Waals surface area contributed by atoms with Crippen LogP contribution >= 0.6 is 0 Å². The molecule has 140 valence electrons. The molecule has 0 unspecified atom stereocenters. The predicted octanol–water partition coefficient (Wildman–Crippen LogP) is 1.34. The fourth-order valence-electron chi connectivity index (χ4n) is 2.49. The van der Waals surface area contributed by atoms with E-state index < -0.39 is 16.4 Å². The van der Waals surface area contributed by atoms with Gasteiger partial charge in [-0.3, -0.25) is 10.1 Å². The lowest BCUT2D eigenvalue weighted by atomic mass is 10.2. The van der Waals surface area contributed by atoms with Crippen LogP contribution in [-0.4, -0.2) is 42.4 Å². The average Bonchev–Trinajstić information content (AvgIpc) is 3.20. The molecule has 3 aromatic rings. The minimum absolute atomic E-state index is 0.101. The molecule has 0 atom stereocenters. The number of hydrogen-bond acceptors (Lipinski definition) is 8. The molecule has 0 aliphatic heterocycles. The van der Waals surface area contributed by atoms with Crippen LogP contribution in [0.15, 0.2) is 29.6 Å². The SMILES string of the molecule is CCOc1cc(/C=N/n2cnnc2-n2nc(C)cc2C)cc([N+](=O)[O-])c1[O-]. The van der Waals surface area contributed by atoms with E-state index in [4.69, 9.17) is 4.74 Å². The second-order valence-electron chi connectivity index (χ2n) is 5.62. The van der Waals surface area contributed by atoms with Gasteiger partial charge in [0.05, 0.1) is 23.4 Å². The molecule has 0 aliphatic rings. The van der Waals surface area contributed by atoms with E-state index in [1.165, 1.54) is 23.3 Å². The van der Waals surface area contributed by atoms with Crippen LogP contribution in [-0.2, 0) is 0 Å². The number of aryl methyl sites for hydroxylation is 2. The number of hydrogen-bond donors (Lipinski definition) is 0. The topological polar surface area (TPSA) is 136 Å². The summed E-state index contributed by atoms with van der Waals surface area (Å²) in [4.78, 5) is 10.4. The molecule has 0 fully saturated rings. The molecule has 0 amide bonds. The molecule has 1 aromatic carbocycles. The molecular formula is C16H16N7O4-. The lowest BCUT2D eigenvalue weighted by Crippen LogP contribution is -2.07. The Bertz CT molecular complexity index is 1020. The van der Waals surface area contributed by atoms with Crippen LogP contribution in [0.2, 0.25) is 0 Å². The first-order valence-corrected chi connectivity index (χ1v) is 8.01. The van der Waals surface area contributed by atoms with Crippen molar-refractivity contribution in [2.24, 2.45) is 5.10 Å². The molecule has 11 nitrogen and oxygen atoms in total. The molecule has 0 aliphatic carbocycles. The Morgan fingerprint density at radius 1 is 1.33 bits per heavy atom. The smallest absolute Gasteiger partial charge is 0.273 e. The largest absolute Gasteiger partial charge is 0.865 e. The van der Waals surface area contributed by atoms with Gasteiger partial charge in [-0.2, -0.15) is 14.9 Å². The molecule has 0 bridgehead atoms. The Hall–Kier alpha value is -3.76. The number of rotatable bonds is 6. The Balaban J connectivity index is 1.99. The zero-order chi connectivity index (χ0) is 19.6. The summed E-state index contributed by atoms with van der Waals surface area (Å²) in [6.07, 6.45) is 2.73. The molecule has 2 heterocycles. The summed E-state index contributed by atoms with van der Waals surface area (Å²) in [5.74, 6) is -0.515. The van der Waals surface area contributed by atoms with Crippen molar-refractivity contribution in [1.82, 2.24) is 24.7 Å². The fourth-order valence-corrected chi connectivity index (χ4v) is 2.49. The minimum Gasteiger partial charge on any atom is -0.865 e. The van der Waals surface area contributed by atoms with Crippen LogP contribution in [0, 0.1) is 24.0 Å². The molecule has 0 radical (unpaired) electrons. The van der Waals surface area contributed by atoms with Crippen molar-refractivity contribution >= 4 is 11.9 Å². The summed E-state index contributed by atoms with van der Waals surface area (Å²) in [7, 11) is 0. The van der Waals surface area contributed by atoms with Crippen LogP contribution in [0.4, 0.5) is 5.69 Å². The van der Waals surface area contributed by atoms with Gasteiger partial charge in [0.1, 0.15) is 12.1 Å². The van der Waals surface area contributed by atoms with E-state index in [1.54, 1.807) is 11.6 Å². The van der Waals surface area contributed by atoms with Crippen LogP contribution in [0.25, 0.3) is 5.95 Å². The van der Waals surface area contributed by atoms with Crippen molar-refractivity contribution in [1.29, 1.82) is 0 Å². The van der Waals surface area contributed by atoms with Gasteiger partial charge in [-0.15, -0.1) is 10.2 Å². The standard InChI is InChI=1S/C16H17N7O4/c1-4-27-14-7-12(6-13(15(14)24)23(25)26)8-18-21-9-17-19-16(21)22-11(3)5-10(2)20-22/h5-9,24H,4H2,1-3H3/p-1/b18-8+. The highest BCUT2D eigenvalue weighted by molar-refractivity contribution is 5.83. The van der Waals surface area contributed by atoms with Gasteiger partial charge in [0.25, 0.3) is 11.6 Å². The number of nitro benzene ring substituents is 1. The van der Waals surface area contributed by atoms with Gasteiger partial charge in [-0.1, -0.05) is 0 Å². The summed E-state index contributed by atoms with van der Waals surface area (Å²) in [6, 6.07) is 4.42. The van der Waals surface area contributed by atoms with E-state index in [0.29, 0.717) is 11.5 Å². The third-order valence-corrected chi connectivity index (χ3v) is 3.60. The summed E-state index contributed by atoms with van der Waals surface area (Å²) in [5, 5.41) is 39.5. The monoisotopic (exact) mass is 370 g/mol. The fraction of sp³-hybridized carbons (Fsp3) is 0.250. The van der Waals surface area contributed by atoms with Crippen LogP contribution in [0.1, 0.15) is 23.9 Å². The summed E-state index contributed by atoms with van der Waals surface area (Å²) in [5.41, 5.74) is 1.42. The second-order valence-corrected chi connectivity index (χ2v) is 5.62. The molecule has 0 spiro atoms. The summed E-state index contributed by atoms with van der Waals surface area (Å²) < 4.78 is 8.14. The quantitative estimate of drug-likeness (QED) is 0.363. The first-order valence-electron chi connectivity index (χ1n) is 8.01. The predicted molar refractivity (Wildman–Crippen MR) is 93.3 cm³/mol. The van der Waals surface area contributed by atoms with Gasteiger partial charge in [0.15, 0.2) is 0 Å². The van der Waals surface area contributed by atoms with E-state index in [9.17, 15) is 15.2 Å². The maximum atomic E-state index is 12.0. The van der Waals surface area contributed by atoms with E-state index in [-0.39, 0.29) is 12.4 Å². The molecule has 27 heavy (non-hydrogen) atoms. The molecule has 11 heteroatoms. The molecule has 0 saturated carbocycles. The van der Waals surface area contributed by atoms with Crippen LogP contribution in [0.3, 0.4) is 0 Å². The summed E-state index contributed by atoms with van der Waals surface area (Å²) >= 11 is 0. The van der Waals surface area contributed by atoms with E-state index in [1.807, 2.05) is 19.9 Å². The molecule has 3 rings (SSSR count). The number of benzene rings is 1. The zero-order valence-corrected chi connectivity index (χ0v) is 14.9. The zero-order valence-electron chi connectivity index (χ0n) is 14.9. The Morgan fingerprint density at radius 3 is 2.74 bits per heavy atom. The number of nitrogens with zero attached hydrogens (tertiary/aromatic N) is 7. The van der Waals surface area contributed by atoms with Gasteiger partial charge in [0.2, 0.25) is 0 Å². The maximum absolute atomic E-state index is 12.0. The average molecular weight is 370 g/mol. The molecule has 2 aromatic heterocycles. The number of aromatic nitrogens is 5. The van der Waals surface area contributed by atoms with E-state index in [0.717, 1.165) is 17.5 Å². The minimum atomic E-state index is -0.772. The van der Waals surface area contributed by atoms with E-state index in [2.05, 4.69) is 20.4 Å². The molecular weight excluding hydrogens is 354 g/mol. The van der Waals surface area contributed by atoms with Gasteiger partial charge in [-0.25, -0.2) is 4.68 Å². The van der Waals surface area contributed by atoms with Gasteiger partial charge in [0, 0.05) is 23.1 Å². The van der Waals surface area contributed by atoms with E-state index >= 15 is 0 Å². The Kier molecular flexibility index (Phi) is 4.83. The second kappa shape index (κ2) is 7.23. The van der Waals surface area contributed by atoms with Crippen molar-refractivity contribution < 1.29 is 14.8 Å². The number of nitro groups is 1. The van der Waals surface area contributed by atoms with Crippen molar-refractivity contribution in [3.63, 3.8) is 0 Å².